The van der Waals surface area contributed by atoms with Gasteiger partial charge in [-0.15, -0.1) is 0 Å². The highest BCUT2D eigenvalue weighted by Gasteiger charge is 2.28. The first kappa shape index (κ1) is 13.1. The molecule has 1 unspecified atom stereocenters. The molecule has 18 heavy (non-hydrogen) atoms. The molecule has 2 N–H and O–H groups in total. The third kappa shape index (κ3) is 2.41. The van der Waals surface area contributed by atoms with E-state index in [0.29, 0.717) is 12.6 Å². The van der Waals surface area contributed by atoms with Gasteiger partial charge in [0, 0.05) is 24.8 Å². The lowest BCUT2D eigenvalue weighted by Gasteiger charge is -2.21. The Labute approximate surface area is 108 Å². The van der Waals surface area contributed by atoms with Gasteiger partial charge in [-0.3, -0.25) is 9.48 Å². The van der Waals surface area contributed by atoms with Gasteiger partial charge in [0.15, 0.2) is 0 Å². The molecule has 0 spiro atoms. The summed E-state index contributed by atoms with van der Waals surface area (Å²) in [5.41, 5.74) is 7.18. The summed E-state index contributed by atoms with van der Waals surface area (Å²) in [6.07, 6.45) is 4.79. The molecular formula is C13H22N4O. The smallest absolute Gasteiger partial charge is 0.257 e. The van der Waals surface area contributed by atoms with E-state index in [4.69, 9.17) is 5.73 Å². The lowest BCUT2D eigenvalue weighted by Crippen LogP contribution is -2.33. The van der Waals surface area contributed by atoms with Crippen LogP contribution >= 0.6 is 0 Å². The number of hydrogen-bond acceptors (Lipinski definition) is 3. The molecular weight excluding hydrogens is 228 g/mol. The Morgan fingerprint density at radius 3 is 3.00 bits per heavy atom. The Morgan fingerprint density at radius 2 is 2.39 bits per heavy atom. The molecule has 1 saturated heterocycles. The zero-order valence-electron chi connectivity index (χ0n) is 11.2. The van der Waals surface area contributed by atoms with Gasteiger partial charge in [-0.2, -0.15) is 5.10 Å². The Morgan fingerprint density at radius 1 is 1.61 bits per heavy atom. The highest BCUT2D eigenvalue weighted by atomic mass is 16.2. The van der Waals surface area contributed by atoms with Gasteiger partial charge < -0.3 is 10.6 Å². The highest BCUT2D eigenvalue weighted by molar-refractivity contribution is 5.95. The Balaban J connectivity index is 2.13. The van der Waals surface area contributed by atoms with E-state index in [1.165, 1.54) is 0 Å². The average molecular weight is 250 g/mol. The van der Waals surface area contributed by atoms with Crippen molar-refractivity contribution >= 4 is 5.91 Å². The summed E-state index contributed by atoms with van der Waals surface area (Å²) in [5, 5.41) is 4.28. The number of aryl methyl sites for hydroxylation is 1. The van der Waals surface area contributed by atoms with Crippen LogP contribution in [-0.2, 0) is 6.54 Å². The lowest BCUT2D eigenvalue weighted by atomic mass is 10.2. The number of hydrogen-bond donors (Lipinski definition) is 1. The summed E-state index contributed by atoms with van der Waals surface area (Å²) >= 11 is 0. The van der Waals surface area contributed by atoms with Gasteiger partial charge in [-0.25, -0.2) is 0 Å². The largest absolute Gasteiger partial charge is 0.336 e. The molecule has 1 amide bonds. The zero-order chi connectivity index (χ0) is 13.1. The summed E-state index contributed by atoms with van der Waals surface area (Å²) in [7, 11) is 0. The van der Waals surface area contributed by atoms with Crippen LogP contribution in [0.2, 0.25) is 0 Å². The highest BCUT2D eigenvalue weighted by Crippen LogP contribution is 2.20. The molecule has 0 radical (unpaired) electrons. The minimum atomic E-state index is 0.122. The van der Waals surface area contributed by atoms with Crippen molar-refractivity contribution in [2.24, 2.45) is 5.73 Å². The molecule has 1 fully saturated rings. The number of nitrogens with zero attached hydrogens (tertiary/aromatic N) is 3. The predicted molar refractivity (Wildman–Crippen MR) is 70.4 cm³/mol. The molecule has 0 aliphatic carbocycles. The summed E-state index contributed by atoms with van der Waals surface area (Å²) in [6, 6.07) is 0.351. The Hall–Kier alpha value is -1.36. The minimum Gasteiger partial charge on any atom is -0.336 e. The van der Waals surface area contributed by atoms with Crippen molar-refractivity contribution < 1.29 is 4.79 Å². The van der Waals surface area contributed by atoms with Crippen LogP contribution in [0.15, 0.2) is 6.20 Å². The van der Waals surface area contributed by atoms with E-state index in [1.807, 2.05) is 16.5 Å². The van der Waals surface area contributed by atoms with E-state index in [2.05, 4.69) is 12.0 Å². The maximum absolute atomic E-state index is 12.4. The van der Waals surface area contributed by atoms with Gasteiger partial charge >= 0.3 is 0 Å². The van der Waals surface area contributed by atoms with Crippen LogP contribution in [0.5, 0.6) is 0 Å². The molecule has 100 valence electrons. The molecule has 0 saturated carbocycles. The first-order valence-corrected chi connectivity index (χ1v) is 6.68. The first-order chi connectivity index (χ1) is 8.65. The van der Waals surface area contributed by atoms with Crippen LogP contribution in [0.25, 0.3) is 0 Å². The van der Waals surface area contributed by atoms with Gasteiger partial charge in [-0.05, 0) is 39.7 Å². The lowest BCUT2D eigenvalue weighted by molar-refractivity contribution is 0.0746. The fourth-order valence-corrected chi connectivity index (χ4v) is 2.51. The van der Waals surface area contributed by atoms with E-state index in [-0.39, 0.29) is 5.91 Å². The van der Waals surface area contributed by atoms with Crippen molar-refractivity contribution in [1.82, 2.24) is 14.7 Å². The van der Waals surface area contributed by atoms with Crippen molar-refractivity contribution in [3.05, 3.63) is 17.5 Å². The van der Waals surface area contributed by atoms with E-state index >= 15 is 0 Å². The Bertz CT molecular complexity index is 427. The van der Waals surface area contributed by atoms with Crippen molar-refractivity contribution in [2.75, 3.05) is 13.1 Å². The second kappa shape index (κ2) is 5.52. The van der Waals surface area contributed by atoms with Crippen LogP contribution in [0, 0.1) is 6.92 Å². The van der Waals surface area contributed by atoms with Crippen LogP contribution in [0.4, 0.5) is 0 Å². The summed E-state index contributed by atoms with van der Waals surface area (Å²) < 4.78 is 1.88. The van der Waals surface area contributed by atoms with E-state index < -0.39 is 0 Å². The average Bonchev–Trinajstić information content (AvgIpc) is 2.93. The van der Waals surface area contributed by atoms with Gasteiger partial charge in [0.05, 0.1) is 11.8 Å². The van der Waals surface area contributed by atoms with Crippen molar-refractivity contribution in [3.63, 3.8) is 0 Å². The fraction of sp³-hybridized carbons (Fsp3) is 0.692. The van der Waals surface area contributed by atoms with Crippen LogP contribution < -0.4 is 5.73 Å². The molecule has 1 aromatic heterocycles. The van der Waals surface area contributed by atoms with Gasteiger partial charge in [0.1, 0.15) is 0 Å². The third-order valence-corrected chi connectivity index (χ3v) is 3.72. The molecule has 2 rings (SSSR count). The molecule has 1 aromatic rings. The molecule has 1 aliphatic heterocycles. The van der Waals surface area contributed by atoms with Crippen LogP contribution in [-0.4, -0.2) is 39.7 Å². The topological polar surface area (TPSA) is 64.2 Å². The van der Waals surface area contributed by atoms with Crippen LogP contribution in [0.1, 0.15) is 42.2 Å². The number of nitrogens with two attached hydrogens (primary N) is 1. The van der Waals surface area contributed by atoms with E-state index in [1.54, 1.807) is 6.20 Å². The third-order valence-electron chi connectivity index (χ3n) is 3.72. The first-order valence-electron chi connectivity index (χ1n) is 6.68. The number of carbonyl (C=O) groups is 1. The monoisotopic (exact) mass is 250 g/mol. The molecule has 0 bridgehead atoms. The second-order valence-electron chi connectivity index (χ2n) is 5.00. The number of aromatic nitrogens is 2. The van der Waals surface area contributed by atoms with Gasteiger partial charge in [0.25, 0.3) is 5.91 Å². The fourth-order valence-electron chi connectivity index (χ4n) is 2.51. The van der Waals surface area contributed by atoms with E-state index in [9.17, 15) is 4.79 Å². The molecule has 1 aliphatic rings. The molecule has 5 nitrogen and oxygen atoms in total. The second-order valence-corrected chi connectivity index (χ2v) is 5.00. The van der Waals surface area contributed by atoms with Gasteiger partial charge in [0.2, 0.25) is 0 Å². The summed E-state index contributed by atoms with van der Waals surface area (Å²) in [6.45, 7) is 6.36. The normalized spacial score (nSPS) is 19.5. The van der Waals surface area contributed by atoms with E-state index in [0.717, 1.165) is 43.6 Å². The maximum Gasteiger partial charge on any atom is 0.257 e. The number of rotatable bonds is 4. The molecule has 1 atom stereocenters. The molecule has 0 aromatic carbocycles. The van der Waals surface area contributed by atoms with Crippen LogP contribution in [0.3, 0.4) is 0 Å². The zero-order valence-corrected chi connectivity index (χ0v) is 11.2. The SMILES string of the molecule is Cc1c(C(=O)N2CCCC2C)cnn1CCCN. The molecule has 2 heterocycles. The minimum absolute atomic E-state index is 0.122. The van der Waals surface area contributed by atoms with Crippen molar-refractivity contribution in [2.45, 2.75) is 45.7 Å². The maximum atomic E-state index is 12.4. The quantitative estimate of drug-likeness (QED) is 0.872. The molecule has 5 heteroatoms. The number of amides is 1. The summed E-state index contributed by atoms with van der Waals surface area (Å²) in [4.78, 5) is 14.4. The number of likely N-dealkylation sites (tertiary alicyclic amines) is 1. The van der Waals surface area contributed by atoms with Crippen molar-refractivity contribution in [1.29, 1.82) is 0 Å². The summed E-state index contributed by atoms with van der Waals surface area (Å²) in [5.74, 6) is 0.122. The number of carbonyl (C=O) groups excluding carboxylic acids is 1. The Kier molecular flexibility index (Phi) is 4.01. The standard InChI is InChI=1S/C13H22N4O/c1-10-5-3-7-16(10)13(18)12-9-15-17(11(12)2)8-4-6-14/h9-10H,3-8,14H2,1-2H3. The predicted octanol–water partition coefficient (Wildman–Crippen LogP) is 1.16. The van der Waals surface area contributed by atoms with Crippen molar-refractivity contribution in [3.8, 4) is 0 Å². The van der Waals surface area contributed by atoms with Gasteiger partial charge in [-0.1, -0.05) is 0 Å².